The van der Waals surface area contributed by atoms with Gasteiger partial charge in [0.1, 0.15) is 6.04 Å². The minimum absolute atomic E-state index is 0.000143. The van der Waals surface area contributed by atoms with Gasteiger partial charge in [-0.15, -0.1) is 0 Å². The fourth-order valence-electron chi connectivity index (χ4n) is 5.79. The first-order chi connectivity index (χ1) is 15.4. The molecule has 2 heterocycles. The number of likely N-dealkylation sites (tertiary alicyclic amines) is 1. The van der Waals surface area contributed by atoms with Crippen LogP contribution in [0.2, 0.25) is 0 Å². The number of ether oxygens (including phenoxy) is 1. The number of carbonyl (C=O) groups is 2. The van der Waals surface area contributed by atoms with Crippen molar-refractivity contribution in [3.8, 4) is 0 Å². The monoisotopic (exact) mass is 497 g/mol. The van der Waals surface area contributed by atoms with Crippen molar-refractivity contribution in [3.05, 3.63) is 40.4 Å². The Morgan fingerprint density at radius 3 is 2.78 bits per heavy atom. The van der Waals surface area contributed by atoms with Crippen LogP contribution in [0.25, 0.3) is 10.8 Å². The Balaban J connectivity index is 1.46. The van der Waals surface area contributed by atoms with Crippen LogP contribution in [0.1, 0.15) is 38.7 Å². The molecule has 2 aliphatic heterocycles. The third kappa shape index (κ3) is 3.51. The summed E-state index contributed by atoms with van der Waals surface area (Å²) in [6.45, 7) is 3.91. The molecule has 2 aromatic carbocycles. The van der Waals surface area contributed by atoms with Gasteiger partial charge in [-0.25, -0.2) is 4.79 Å². The zero-order valence-electron chi connectivity index (χ0n) is 18.6. The van der Waals surface area contributed by atoms with Crippen molar-refractivity contribution in [2.75, 3.05) is 7.11 Å². The number of amides is 2. The van der Waals surface area contributed by atoms with Crippen molar-refractivity contribution >= 4 is 50.1 Å². The summed E-state index contributed by atoms with van der Waals surface area (Å²) in [5.74, 6) is 0.380. The highest BCUT2D eigenvalue weighted by molar-refractivity contribution is 9.10. The van der Waals surface area contributed by atoms with E-state index < -0.39 is 12.1 Å². The normalized spacial score (nSPS) is 24.6. The molecule has 3 aliphatic rings. The smallest absolute Gasteiger partial charge is 0.407 e. The first kappa shape index (κ1) is 21.4. The second-order valence-corrected chi connectivity index (χ2v) is 10.4. The van der Waals surface area contributed by atoms with Gasteiger partial charge in [0.25, 0.3) is 0 Å². The molecule has 1 aliphatic carbocycles. The maximum atomic E-state index is 13.7. The van der Waals surface area contributed by atoms with Crippen LogP contribution in [0.15, 0.2) is 39.8 Å². The summed E-state index contributed by atoms with van der Waals surface area (Å²) in [6.07, 6.45) is 3.36. The highest BCUT2D eigenvalue weighted by atomic mass is 79.9. The summed E-state index contributed by atoms with van der Waals surface area (Å²) in [4.78, 5) is 32.7. The molecule has 7 heteroatoms. The van der Waals surface area contributed by atoms with Crippen LogP contribution in [0.5, 0.6) is 0 Å². The average molecular weight is 498 g/mol. The number of alkyl carbamates (subject to hydrolysis) is 1. The summed E-state index contributed by atoms with van der Waals surface area (Å²) in [5.41, 5.74) is 3.34. The molecule has 0 radical (unpaired) electrons. The molecule has 2 bridgehead atoms. The zero-order valence-corrected chi connectivity index (χ0v) is 20.2. The molecule has 6 nitrogen and oxygen atoms in total. The largest absolute Gasteiger partial charge is 0.453 e. The summed E-state index contributed by atoms with van der Waals surface area (Å²) >= 11 is 3.56. The number of halogens is 1. The van der Waals surface area contributed by atoms with Gasteiger partial charge in [0, 0.05) is 22.6 Å². The number of aliphatic imine (C=N–C) groups is 1. The van der Waals surface area contributed by atoms with Gasteiger partial charge < -0.3 is 15.0 Å². The summed E-state index contributed by atoms with van der Waals surface area (Å²) in [5, 5.41) is 5.18. The SMILES string of the molecule is COC(=O)N[C@H](C(=O)N1[C@H]2CC[C@H](C2)[C@H]1C1=Nc2ccc3cc(Br)ccc3c2C1)C(C)C. The minimum atomic E-state index is -0.605. The standard InChI is InChI=1S/C25H28BrN3O3/c1-13(2)22(28-25(31)32-3)24(30)29-17-7-4-15(11-17)23(29)21-12-19-18-8-6-16(26)10-14(18)5-9-20(19)27-21/h5-6,8-10,13,15,17,22-23H,4,7,11-12H2,1-3H3,(H,28,31)/t15-,17+,22+,23+/m1/s1. The quantitative estimate of drug-likeness (QED) is 0.646. The third-order valence-electron chi connectivity index (χ3n) is 7.26. The number of benzene rings is 2. The van der Waals surface area contributed by atoms with E-state index in [1.807, 2.05) is 18.7 Å². The number of nitrogens with one attached hydrogen (secondary N) is 1. The van der Waals surface area contributed by atoms with Crippen molar-refractivity contribution in [1.29, 1.82) is 0 Å². The van der Waals surface area contributed by atoms with Crippen LogP contribution in [0.3, 0.4) is 0 Å². The number of carbonyl (C=O) groups excluding carboxylic acids is 2. The Morgan fingerprint density at radius 2 is 2.03 bits per heavy atom. The zero-order chi connectivity index (χ0) is 22.6. The molecular formula is C25H28BrN3O3. The highest BCUT2D eigenvalue weighted by Gasteiger charge is 2.52. The van der Waals surface area contributed by atoms with Crippen LogP contribution >= 0.6 is 15.9 Å². The van der Waals surface area contributed by atoms with Crippen LogP contribution in [-0.4, -0.2) is 47.8 Å². The molecule has 0 aromatic heterocycles. The molecule has 1 saturated carbocycles. The van der Waals surface area contributed by atoms with Crippen molar-refractivity contribution in [1.82, 2.24) is 10.2 Å². The molecule has 0 spiro atoms. The molecule has 0 unspecified atom stereocenters. The molecular weight excluding hydrogens is 470 g/mol. The van der Waals surface area contributed by atoms with E-state index in [9.17, 15) is 9.59 Å². The van der Waals surface area contributed by atoms with Crippen molar-refractivity contribution < 1.29 is 14.3 Å². The van der Waals surface area contributed by atoms with E-state index in [-0.39, 0.29) is 23.9 Å². The number of hydrogen-bond donors (Lipinski definition) is 1. The average Bonchev–Trinajstić information content (AvgIpc) is 3.50. The Bertz CT molecular complexity index is 1130. The number of hydrogen-bond acceptors (Lipinski definition) is 4. The van der Waals surface area contributed by atoms with Gasteiger partial charge in [0.2, 0.25) is 5.91 Å². The van der Waals surface area contributed by atoms with Gasteiger partial charge in [-0.1, -0.05) is 41.9 Å². The topological polar surface area (TPSA) is 71.0 Å². The Hall–Kier alpha value is -2.41. The number of nitrogens with zero attached hydrogens (tertiary/aromatic N) is 2. The van der Waals surface area contributed by atoms with E-state index in [4.69, 9.17) is 9.73 Å². The Labute approximate surface area is 196 Å². The van der Waals surface area contributed by atoms with E-state index in [2.05, 4.69) is 51.6 Å². The maximum Gasteiger partial charge on any atom is 0.407 e. The van der Waals surface area contributed by atoms with Gasteiger partial charge in [0.15, 0.2) is 0 Å². The van der Waals surface area contributed by atoms with Crippen molar-refractivity contribution in [2.45, 2.75) is 57.7 Å². The number of fused-ring (bicyclic) bond motifs is 5. The van der Waals surface area contributed by atoms with Crippen LogP contribution < -0.4 is 5.32 Å². The van der Waals surface area contributed by atoms with Gasteiger partial charge in [-0.05, 0) is 65.6 Å². The minimum Gasteiger partial charge on any atom is -0.453 e. The number of rotatable bonds is 4. The molecule has 1 N–H and O–H groups in total. The van der Waals surface area contributed by atoms with Crippen molar-refractivity contribution in [3.63, 3.8) is 0 Å². The van der Waals surface area contributed by atoms with Gasteiger partial charge in [0.05, 0.1) is 18.8 Å². The Kier molecular flexibility index (Phi) is 5.48. The molecule has 32 heavy (non-hydrogen) atoms. The lowest BCUT2D eigenvalue weighted by molar-refractivity contribution is -0.137. The predicted octanol–water partition coefficient (Wildman–Crippen LogP) is 4.99. The number of piperidine rings is 1. The van der Waals surface area contributed by atoms with E-state index >= 15 is 0 Å². The molecule has 2 fully saturated rings. The Morgan fingerprint density at radius 1 is 1.22 bits per heavy atom. The lowest BCUT2D eigenvalue weighted by Gasteiger charge is -2.38. The number of methoxy groups -OCH3 is 1. The van der Waals surface area contributed by atoms with E-state index in [0.29, 0.717) is 5.92 Å². The molecule has 168 valence electrons. The van der Waals surface area contributed by atoms with Crippen LogP contribution in [0, 0.1) is 11.8 Å². The predicted molar refractivity (Wildman–Crippen MR) is 128 cm³/mol. The molecule has 2 aromatic rings. The fourth-order valence-corrected chi connectivity index (χ4v) is 6.16. The lowest BCUT2D eigenvalue weighted by atomic mass is 9.90. The molecule has 4 atom stereocenters. The molecule has 1 saturated heterocycles. The van der Waals surface area contributed by atoms with Crippen LogP contribution in [-0.2, 0) is 16.0 Å². The highest BCUT2D eigenvalue weighted by Crippen LogP contribution is 2.46. The van der Waals surface area contributed by atoms with Gasteiger partial charge >= 0.3 is 6.09 Å². The lowest BCUT2D eigenvalue weighted by Crippen LogP contribution is -2.57. The van der Waals surface area contributed by atoms with Gasteiger partial charge in [-0.2, -0.15) is 0 Å². The summed E-state index contributed by atoms with van der Waals surface area (Å²) < 4.78 is 5.84. The molecule has 2 amide bonds. The van der Waals surface area contributed by atoms with Crippen molar-refractivity contribution in [2.24, 2.45) is 16.8 Å². The van der Waals surface area contributed by atoms with Crippen LogP contribution in [0.4, 0.5) is 10.5 Å². The molecule has 5 rings (SSSR count). The third-order valence-corrected chi connectivity index (χ3v) is 7.76. The summed E-state index contributed by atoms with van der Waals surface area (Å²) in [7, 11) is 1.32. The first-order valence-electron chi connectivity index (χ1n) is 11.3. The summed E-state index contributed by atoms with van der Waals surface area (Å²) in [6, 6.07) is 10.2. The second kappa shape index (κ2) is 8.18. The van der Waals surface area contributed by atoms with E-state index in [1.165, 1.54) is 23.4 Å². The maximum absolute atomic E-state index is 13.7. The first-order valence-corrected chi connectivity index (χ1v) is 12.1. The second-order valence-electron chi connectivity index (χ2n) is 9.48. The van der Waals surface area contributed by atoms with E-state index in [0.717, 1.165) is 41.6 Å². The fraction of sp³-hybridized carbons (Fsp3) is 0.480. The van der Waals surface area contributed by atoms with Gasteiger partial charge in [-0.3, -0.25) is 9.79 Å². The van der Waals surface area contributed by atoms with E-state index in [1.54, 1.807) is 0 Å².